The molecule has 5 nitrogen and oxygen atoms in total. The zero-order valence-corrected chi connectivity index (χ0v) is 13.8. The van der Waals surface area contributed by atoms with Crippen LogP contribution in [0.3, 0.4) is 0 Å². The van der Waals surface area contributed by atoms with Crippen molar-refractivity contribution >= 4 is 11.8 Å². The molecule has 3 unspecified atom stereocenters. The molecule has 2 heterocycles. The lowest BCUT2D eigenvalue weighted by atomic mass is 9.75. The molecule has 0 aromatic heterocycles. The standard InChI is InChI=1S/C18H23FN2O3/c1-18(11-14-5-6-15(18)24-14)17(23)21-8-7-20-16(22)10-12-3-2-4-13(19)9-12/h2-4,9,14-15H,5-8,10-11H2,1H3,(H,20,22)(H,21,23). The number of rotatable bonds is 6. The molecule has 3 atom stereocenters. The lowest BCUT2D eigenvalue weighted by Crippen LogP contribution is -2.47. The van der Waals surface area contributed by atoms with Gasteiger partial charge in [-0.05, 0) is 43.9 Å². The minimum absolute atomic E-state index is 0.00548. The van der Waals surface area contributed by atoms with Gasteiger partial charge in [0.15, 0.2) is 0 Å². The second-order valence-electron chi connectivity index (χ2n) is 6.86. The van der Waals surface area contributed by atoms with Gasteiger partial charge in [-0.2, -0.15) is 0 Å². The maximum absolute atomic E-state index is 13.1. The lowest BCUT2D eigenvalue weighted by molar-refractivity contribution is -0.133. The summed E-state index contributed by atoms with van der Waals surface area (Å²) in [6.07, 6.45) is 3.13. The van der Waals surface area contributed by atoms with E-state index in [-0.39, 0.29) is 36.3 Å². The number of benzene rings is 1. The zero-order valence-electron chi connectivity index (χ0n) is 13.8. The molecule has 2 fully saturated rings. The first-order valence-corrected chi connectivity index (χ1v) is 8.42. The van der Waals surface area contributed by atoms with Crippen LogP contribution >= 0.6 is 0 Å². The predicted octanol–water partition coefficient (Wildman–Crippen LogP) is 1.56. The van der Waals surface area contributed by atoms with Gasteiger partial charge in [0.25, 0.3) is 0 Å². The Balaban J connectivity index is 1.38. The van der Waals surface area contributed by atoms with E-state index in [4.69, 9.17) is 4.74 Å². The number of nitrogens with one attached hydrogen (secondary N) is 2. The normalized spacial score (nSPS) is 27.9. The molecule has 1 aromatic rings. The molecule has 0 radical (unpaired) electrons. The Kier molecular flexibility index (Phi) is 4.85. The van der Waals surface area contributed by atoms with Crippen molar-refractivity contribution in [3.63, 3.8) is 0 Å². The van der Waals surface area contributed by atoms with E-state index >= 15 is 0 Å². The Morgan fingerprint density at radius 3 is 2.75 bits per heavy atom. The van der Waals surface area contributed by atoms with Gasteiger partial charge in [0.1, 0.15) is 5.82 Å². The van der Waals surface area contributed by atoms with Crippen LogP contribution in [0.4, 0.5) is 4.39 Å². The summed E-state index contributed by atoms with van der Waals surface area (Å²) >= 11 is 0. The van der Waals surface area contributed by atoms with E-state index < -0.39 is 5.41 Å². The summed E-state index contributed by atoms with van der Waals surface area (Å²) in [5.74, 6) is -0.549. The van der Waals surface area contributed by atoms with Crippen molar-refractivity contribution < 1.29 is 18.7 Å². The topological polar surface area (TPSA) is 67.4 Å². The van der Waals surface area contributed by atoms with Gasteiger partial charge in [0.2, 0.25) is 11.8 Å². The highest BCUT2D eigenvalue weighted by molar-refractivity contribution is 5.83. The fourth-order valence-electron chi connectivity index (χ4n) is 3.64. The van der Waals surface area contributed by atoms with Crippen molar-refractivity contribution in [3.05, 3.63) is 35.6 Å². The molecule has 3 rings (SSSR count). The third-order valence-electron chi connectivity index (χ3n) is 4.98. The first-order valence-electron chi connectivity index (χ1n) is 8.42. The maximum Gasteiger partial charge on any atom is 0.228 e. The zero-order chi connectivity index (χ0) is 17.2. The summed E-state index contributed by atoms with van der Waals surface area (Å²) in [7, 11) is 0. The number of amides is 2. The molecule has 2 amide bonds. The van der Waals surface area contributed by atoms with E-state index in [0.717, 1.165) is 19.3 Å². The van der Waals surface area contributed by atoms with E-state index in [1.165, 1.54) is 12.1 Å². The second kappa shape index (κ2) is 6.89. The van der Waals surface area contributed by atoms with E-state index in [1.54, 1.807) is 12.1 Å². The third-order valence-corrected chi connectivity index (χ3v) is 4.98. The summed E-state index contributed by atoms with van der Waals surface area (Å²) in [6, 6.07) is 5.98. The maximum atomic E-state index is 13.1. The molecule has 130 valence electrons. The average molecular weight is 334 g/mol. The van der Waals surface area contributed by atoms with E-state index in [2.05, 4.69) is 10.6 Å². The Bertz CT molecular complexity index is 636. The molecule has 2 saturated heterocycles. The van der Waals surface area contributed by atoms with Crippen LogP contribution in [0.1, 0.15) is 31.7 Å². The van der Waals surface area contributed by atoms with Crippen molar-refractivity contribution in [2.45, 2.75) is 44.8 Å². The first-order chi connectivity index (χ1) is 11.5. The smallest absolute Gasteiger partial charge is 0.228 e. The van der Waals surface area contributed by atoms with Gasteiger partial charge in [0, 0.05) is 13.1 Å². The molecule has 2 aliphatic heterocycles. The number of fused-ring (bicyclic) bond motifs is 2. The van der Waals surface area contributed by atoms with Gasteiger partial charge in [0.05, 0.1) is 24.0 Å². The molecule has 24 heavy (non-hydrogen) atoms. The fourth-order valence-corrected chi connectivity index (χ4v) is 3.64. The Hall–Kier alpha value is -1.95. The van der Waals surface area contributed by atoms with Gasteiger partial charge in [-0.1, -0.05) is 12.1 Å². The van der Waals surface area contributed by atoms with Gasteiger partial charge in [-0.3, -0.25) is 9.59 Å². The van der Waals surface area contributed by atoms with Gasteiger partial charge in [-0.25, -0.2) is 4.39 Å². The molecule has 2 N–H and O–H groups in total. The van der Waals surface area contributed by atoms with Crippen LogP contribution < -0.4 is 10.6 Å². The van der Waals surface area contributed by atoms with Crippen LogP contribution in [-0.4, -0.2) is 37.1 Å². The SMILES string of the molecule is CC1(C(=O)NCCNC(=O)Cc2cccc(F)c2)CC2CCC1O2. The summed E-state index contributed by atoms with van der Waals surface area (Å²) in [6.45, 7) is 2.68. The van der Waals surface area contributed by atoms with Crippen molar-refractivity contribution in [2.75, 3.05) is 13.1 Å². The number of ether oxygens (including phenoxy) is 1. The summed E-state index contributed by atoms with van der Waals surface area (Å²) in [5.41, 5.74) is 0.178. The highest BCUT2D eigenvalue weighted by atomic mass is 19.1. The molecule has 0 aliphatic carbocycles. The van der Waals surface area contributed by atoms with Crippen molar-refractivity contribution in [1.82, 2.24) is 10.6 Å². The average Bonchev–Trinajstić information content (AvgIpc) is 3.12. The second-order valence-corrected chi connectivity index (χ2v) is 6.86. The van der Waals surface area contributed by atoms with Crippen LogP contribution in [0, 0.1) is 11.2 Å². The van der Waals surface area contributed by atoms with Gasteiger partial charge in [-0.15, -0.1) is 0 Å². The molecule has 6 heteroatoms. The van der Waals surface area contributed by atoms with Crippen molar-refractivity contribution in [2.24, 2.45) is 5.41 Å². The molecule has 0 saturated carbocycles. The molecule has 1 aromatic carbocycles. The predicted molar refractivity (Wildman–Crippen MR) is 86.7 cm³/mol. The van der Waals surface area contributed by atoms with Crippen molar-refractivity contribution in [1.29, 1.82) is 0 Å². The Morgan fingerprint density at radius 2 is 2.08 bits per heavy atom. The third kappa shape index (κ3) is 3.59. The summed E-state index contributed by atoms with van der Waals surface area (Å²) in [4.78, 5) is 24.2. The molecular formula is C18H23FN2O3. The highest BCUT2D eigenvalue weighted by Gasteiger charge is 2.53. The lowest BCUT2D eigenvalue weighted by Gasteiger charge is -2.29. The van der Waals surface area contributed by atoms with Crippen LogP contribution in [0.25, 0.3) is 0 Å². The minimum atomic E-state index is -0.450. The number of carbonyl (C=O) groups is 2. The van der Waals surface area contributed by atoms with Gasteiger partial charge >= 0.3 is 0 Å². The molecule has 0 spiro atoms. The van der Waals surface area contributed by atoms with E-state index in [1.807, 2.05) is 6.92 Å². The Morgan fingerprint density at radius 1 is 1.29 bits per heavy atom. The van der Waals surface area contributed by atoms with Crippen molar-refractivity contribution in [3.8, 4) is 0 Å². The van der Waals surface area contributed by atoms with E-state index in [0.29, 0.717) is 18.7 Å². The van der Waals surface area contributed by atoms with E-state index in [9.17, 15) is 14.0 Å². The summed E-state index contributed by atoms with van der Waals surface area (Å²) < 4.78 is 18.8. The number of hydrogen-bond acceptors (Lipinski definition) is 3. The van der Waals surface area contributed by atoms with Crippen LogP contribution in [0.2, 0.25) is 0 Å². The van der Waals surface area contributed by atoms with Crippen LogP contribution in [-0.2, 0) is 20.7 Å². The number of carbonyl (C=O) groups excluding carboxylic acids is 2. The number of halogens is 1. The molecule has 2 bridgehead atoms. The van der Waals surface area contributed by atoms with Crippen LogP contribution in [0.5, 0.6) is 0 Å². The first kappa shape index (κ1) is 16.9. The quantitative estimate of drug-likeness (QED) is 0.776. The Labute approximate surface area is 141 Å². The molecule has 2 aliphatic rings. The van der Waals surface area contributed by atoms with Gasteiger partial charge < -0.3 is 15.4 Å². The monoisotopic (exact) mass is 334 g/mol. The minimum Gasteiger partial charge on any atom is -0.374 e. The molecular weight excluding hydrogens is 311 g/mol. The highest BCUT2D eigenvalue weighted by Crippen LogP contribution is 2.47. The van der Waals surface area contributed by atoms with Crippen LogP contribution in [0.15, 0.2) is 24.3 Å². The number of hydrogen-bond donors (Lipinski definition) is 2. The largest absolute Gasteiger partial charge is 0.374 e. The fraction of sp³-hybridized carbons (Fsp3) is 0.556. The summed E-state index contributed by atoms with van der Waals surface area (Å²) in [5, 5.41) is 5.62.